The zero-order valence-electron chi connectivity index (χ0n) is 32.1. The zero-order valence-corrected chi connectivity index (χ0v) is 32.1. The molecule has 0 unspecified atom stereocenters. The topological polar surface area (TPSA) is 119 Å². The lowest BCUT2D eigenvalue weighted by molar-refractivity contribution is -0.178. The fraction of sp³-hybridized carbons (Fsp3) is 0.558. The third-order valence-electron chi connectivity index (χ3n) is 11.0. The standard InChI is InChI=1S/C43H58O8/c1-27(2)11-10-19-41(9)32(14-12-28(3)4)26-42(20-16-29(5)6)38(46)36(39(47)43(41,40(42)48)21-17-30(7)8)37(45)31-13-15-34(33(44)25-31)49-22-18-35-50-23-24-51-35/h11-13,15-17,25,32,35,44-45H,10,14,18-24,26H2,1-9H3/b37-36+/t32-,41+,42-,43+/m0/s1. The molecule has 1 aromatic rings. The van der Waals surface area contributed by atoms with Crippen molar-refractivity contribution >= 4 is 23.1 Å². The van der Waals surface area contributed by atoms with Crippen LogP contribution >= 0.6 is 0 Å². The van der Waals surface area contributed by atoms with E-state index in [9.17, 15) is 15.0 Å². The molecule has 4 atom stereocenters. The lowest BCUT2D eigenvalue weighted by Gasteiger charge is -2.61. The van der Waals surface area contributed by atoms with Crippen LogP contribution < -0.4 is 4.74 Å². The number of rotatable bonds is 14. The number of carbonyl (C=O) groups excluding carboxylic acids is 3. The first-order valence-electron chi connectivity index (χ1n) is 18.3. The molecule has 4 rings (SSSR count). The molecular formula is C43H58O8. The molecule has 3 aliphatic rings. The second-order valence-corrected chi connectivity index (χ2v) is 15.8. The highest BCUT2D eigenvalue weighted by Crippen LogP contribution is 2.67. The number of Topliss-reactive ketones (excluding diaryl/α,β-unsaturated/α-hetero) is 3. The molecule has 2 aliphatic carbocycles. The van der Waals surface area contributed by atoms with Crippen LogP contribution in [-0.4, -0.2) is 53.7 Å². The first-order valence-corrected chi connectivity index (χ1v) is 18.3. The molecule has 8 nitrogen and oxygen atoms in total. The van der Waals surface area contributed by atoms with Crippen LogP contribution in [0.1, 0.15) is 113 Å². The minimum Gasteiger partial charge on any atom is -0.506 e. The highest BCUT2D eigenvalue weighted by Gasteiger charge is 2.74. The Morgan fingerprint density at radius 2 is 1.47 bits per heavy atom. The van der Waals surface area contributed by atoms with Gasteiger partial charge in [-0.25, -0.2) is 0 Å². The number of allylic oxidation sites excluding steroid dienone is 9. The zero-order chi connectivity index (χ0) is 37.7. The normalized spacial score (nSPS) is 27.2. The summed E-state index contributed by atoms with van der Waals surface area (Å²) in [5.74, 6) is -2.41. The summed E-state index contributed by atoms with van der Waals surface area (Å²) in [6, 6.07) is 4.31. The van der Waals surface area contributed by atoms with Crippen LogP contribution in [0.2, 0.25) is 0 Å². The van der Waals surface area contributed by atoms with Crippen LogP contribution in [-0.2, 0) is 23.9 Å². The summed E-state index contributed by atoms with van der Waals surface area (Å²) >= 11 is 0. The summed E-state index contributed by atoms with van der Waals surface area (Å²) in [4.78, 5) is 45.7. The number of aliphatic hydroxyl groups excluding tert-OH is 1. The van der Waals surface area contributed by atoms with Gasteiger partial charge < -0.3 is 24.4 Å². The lowest BCUT2D eigenvalue weighted by atomic mass is 9.37. The first kappa shape index (κ1) is 40.0. The van der Waals surface area contributed by atoms with E-state index in [1.165, 1.54) is 18.2 Å². The van der Waals surface area contributed by atoms with Gasteiger partial charge in [-0.3, -0.25) is 14.4 Å². The quantitative estimate of drug-likeness (QED) is 0.0647. The van der Waals surface area contributed by atoms with Gasteiger partial charge in [0, 0.05) is 12.0 Å². The molecular weight excluding hydrogens is 644 g/mol. The van der Waals surface area contributed by atoms with E-state index in [1.54, 1.807) is 0 Å². The number of ether oxygens (including phenoxy) is 3. The molecule has 51 heavy (non-hydrogen) atoms. The fourth-order valence-corrected chi connectivity index (χ4v) is 8.08. The van der Waals surface area contributed by atoms with Gasteiger partial charge in [0.15, 0.2) is 35.1 Å². The van der Waals surface area contributed by atoms with E-state index < -0.39 is 33.6 Å². The maximum absolute atomic E-state index is 15.4. The second kappa shape index (κ2) is 16.3. The molecule has 1 heterocycles. The highest BCUT2D eigenvalue weighted by atomic mass is 16.7. The third-order valence-corrected chi connectivity index (χ3v) is 11.0. The Balaban J connectivity index is 1.94. The van der Waals surface area contributed by atoms with Crippen molar-refractivity contribution in [2.24, 2.45) is 22.2 Å². The molecule has 0 aromatic heterocycles. The van der Waals surface area contributed by atoms with E-state index in [0.29, 0.717) is 38.9 Å². The van der Waals surface area contributed by atoms with Gasteiger partial charge in [-0.15, -0.1) is 0 Å². The predicted molar refractivity (Wildman–Crippen MR) is 200 cm³/mol. The minimum atomic E-state index is -1.61. The Morgan fingerprint density at radius 3 is 2.06 bits per heavy atom. The largest absolute Gasteiger partial charge is 0.506 e. The van der Waals surface area contributed by atoms with E-state index in [-0.39, 0.29) is 66.5 Å². The summed E-state index contributed by atoms with van der Waals surface area (Å²) in [6.07, 6.45) is 10.6. The molecule has 2 bridgehead atoms. The van der Waals surface area contributed by atoms with Gasteiger partial charge in [0.1, 0.15) is 16.7 Å². The van der Waals surface area contributed by atoms with Crippen molar-refractivity contribution in [3.8, 4) is 11.5 Å². The van der Waals surface area contributed by atoms with Crippen LogP contribution in [0.5, 0.6) is 11.5 Å². The van der Waals surface area contributed by atoms with Crippen molar-refractivity contribution in [3.05, 3.63) is 75.9 Å². The molecule has 0 amide bonds. The summed E-state index contributed by atoms with van der Waals surface area (Å²) in [5.41, 5.74) is -0.0941. The Bertz CT molecular complexity index is 1650. The van der Waals surface area contributed by atoms with E-state index in [2.05, 4.69) is 19.1 Å². The van der Waals surface area contributed by atoms with Crippen LogP contribution in [0.3, 0.4) is 0 Å². The summed E-state index contributed by atoms with van der Waals surface area (Å²) in [7, 11) is 0. The van der Waals surface area contributed by atoms with Gasteiger partial charge in [-0.1, -0.05) is 53.5 Å². The van der Waals surface area contributed by atoms with Gasteiger partial charge in [-0.2, -0.15) is 0 Å². The van der Waals surface area contributed by atoms with Crippen LogP contribution in [0.4, 0.5) is 0 Å². The van der Waals surface area contributed by atoms with Crippen molar-refractivity contribution in [3.63, 3.8) is 0 Å². The van der Waals surface area contributed by atoms with Crippen molar-refractivity contribution in [2.75, 3.05) is 19.8 Å². The van der Waals surface area contributed by atoms with E-state index in [0.717, 1.165) is 22.3 Å². The summed E-state index contributed by atoms with van der Waals surface area (Å²) in [6.45, 7) is 19.2. The molecule has 2 N–H and O–H groups in total. The Hall–Kier alpha value is -3.75. The van der Waals surface area contributed by atoms with E-state index in [1.807, 2.05) is 67.5 Å². The number of ketones is 3. The number of benzene rings is 1. The Kier molecular flexibility index (Phi) is 12.8. The fourth-order valence-electron chi connectivity index (χ4n) is 8.08. The van der Waals surface area contributed by atoms with Crippen molar-refractivity contribution < 1.29 is 38.8 Å². The van der Waals surface area contributed by atoms with Gasteiger partial charge in [0.05, 0.1) is 25.2 Å². The van der Waals surface area contributed by atoms with Crippen molar-refractivity contribution in [1.82, 2.24) is 0 Å². The smallest absolute Gasteiger partial charge is 0.184 e. The molecule has 1 aliphatic heterocycles. The van der Waals surface area contributed by atoms with Gasteiger partial charge in [0.2, 0.25) is 0 Å². The number of phenols is 1. The average Bonchev–Trinajstić information content (AvgIpc) is 3.57. The van der Waals surface area contributed by atoms with Crippen LogP contribution in [0, 0.1) is 22.2 Å². The first-order chi connectivity index (χ1) is 24.0. The van der Waals surface area contributed by atoms with Crippen molar-refractivity contribution in [1.29, 1.82) is 0 Å². The summed E-state index contributed by atoms with van der Waals surface area (Å²) < 4.78 is 16.7. The van der Waals surface area contributed by atoms with Crippen LogP contribution in [0.25, 0.3) is 5.76 Å². The van der Waals surface area contributed by atoms with Gasteiger partial charge >= 0.3 is 0 Å². The molecule has 2 saturated carbocycles. The molecule has 0 spiro atoms. The molecule has 0 radical (unpaired) electrons. The Labute approximate surface area is 304 Å². The monoisotopic (exact) mass is 702 g/mol. The van der Waals surface area contributed by atoms with Gasteiger partial charge in [0.25, 0.3) is 0 Å². The maximum atomic E-state index is 15.4. The van der Waals surface area contributed by atoms with E-state index in [4.69, 9.17) is 14.2 Å². The number of hydrogen-bond donors (Lipinski definition) is 2. The number of phenolic OH excluding ortho intramolecular Hbond substituents is 1. The number of aromatic hydroxyl groups is 1. The number of aliphatic hydroxyl groups is 1. The SMILES string of the molecule is CC(C)=CCC[C@]1(C)[C@@H](CC=C(C)C)C[C@@]2(CC=C(C)C)C(=O)/C(=C(\O)c3ccc(OCCC4OCCO4)c(O)c3)C(=O)[C@]1(CC=C(C)C)C2=O. The molecule has 1 saturated heterocycles. The lowest BCUT2D eigenvalue weighted by Crippen LogP contribution is -2.70. The number of hydrogen-bond acceptors (Lipinski definition) is 8. The number of carbonyl (C=O) groups is 3. The second-order valence-electron chi connectivity index (χ2n) is 15.8. The van der Waals surface area contributed by atoms with E-state index >= 15 is 9.59 Å². The van der Waals surface area contributed by atoms with Gasteiger partial charge in [-0.05, 0) is 123 Å². The maximum Gasteiger partial charge on any atom is 0.184 e. The third kappa shape index (κ3) is 8.02. The minimum absolute atomic E-state index is 0.0912. The highest BCUT2D eigenvalue weighted by molar-refractivity contribution is 6.41. The molecule has 1 aromatic carbocycles. The molecule has 278 valence electrons. The Morgan fingerprint density at radius 1 is 0.863 bits per heavy atom. The molecule has 8 heteroatoms. The van der Waals surface area contributed by atoms with Crippen molar-refractivity contribution in [2.45, 2.75) is 114 Å². The number of fused-ring (bicyclic) bond motifs is 2. The van der Waals surface area contributed by atoms with Crippen LogP contribution in [0.15, 0.2) is 70.4 Å². The molecule has 3 fully saturated rings. The predicted octanol–water partition coefficient (Wildman–Crippen LogP) is 9.34. The average molecular weight is 703 g/mol. The summed E-state index contributed by atoms with van der Waals surface area (Å²) in [5, 5.41) is 22.9.